The van der Waals surface area contributed by atoms with Gasteiger partial charge in [0.25, 0.3) is 5.89 Å². The minimum absolute atomic E-state index is 0.447. The fourth-order valence-electron chi connectivity index (χ4n) is 1.97. The van der Waals surface area contributed by atoms with Crippen LogP contribution in [0.3, 0.4) is 0 Å². The third-order valence-electron chi connectivity index (χ3n) is 3.07. The van der Waals surface area contributed by atoms with E-state index in [9.17, 15) is 0 Å². The summed E-state index contributed by atoms with van der Waals surface area (Å²) in [6, 6.07) is 12.9. The van der Waals surface area contributed by atoms with E-state index in [1.165, 1.54) is 0 Å². The van der Waals surface area contributed by atoms with Crippen LogP contribution < -0.4 is 5.73 Å². The molecular formula is C15H12ClN3O. The monoisotopic (exact) mass is 285 g/mol. The Labute approximate surface area is 121 Å². The lowest BCUT2D eigenvalue weighted by Crippen LogP contribution is -1.87. The molecule has 2 N–H and O–H groups in total. The van der Waals surface area contributed by atoms with Crippen molar-refractivity contribution < 1.29 is 4.52 Å². The third-order valence-corrected chi connectivity index (χ3v) is 3.48. The molecule has 0 aliphatic carbocycles. The van der Waals surface area contributed by atoms with Crippen LogP contribution in [0.15, 0.2) is 47.0 Å². The molecule has 4 nitrogen and oxygen atoms in total. The van der Waals surface area contributed by atoms with Gasteiger partial charge < -0.3 is 10.3 Å². The number of hydrogen-bond acceptors (Lipinski definition) is 4. The fourth-order valence-corrected chi connectivity index (χ4v) is 2.14. The van der Waals surface area contributed by atoms with Crippen molar-refractivity contribution in [3.05, 3.63) is 53.1 Å². The molecule has 0 radical (unpaired) electrons. The SMILES string of the molecule is Cc1c(Cl)cccc1-c1nc(-c2cccc(N)c2)no1. The molecule has 0 fully saturated rings. The highest BCUT2D eigenvalue weighted by Crippen LogP contribution is 2.29. The van der Waals surface area contributed by atoms with Crippen LogP contribution in [0.2, 0.25) is 5.02 Å². The van der Waals surface area contributed by atoms with Gasteiger partial charge in [0.15, 0.2) is 0 Å². The second-order valence-corrected chi connectivity index (χ2v) is 4.87. The van der Waals surface area contributed by atoms with Crippen LogP contribution in [0.1, 0.15) is 5.56 Å². The minimum Gasteiger partial charge on any atom is -0.399 e. The summed E-state index contributed by atoms with van der Waals surface area (Å²) in [5, 5.41) is 4.66. The number of anilines is 1. The number of hydrogen-bond donors (Lipinski definition) is 1. The number of halogens is 1. The summed E-state index contributed by atoms with van der Waals surface area (Å²) in [4.78, 5) is 4.40. The van der Waals surface area contributed by atoms with E-state index in [2.05, 4.69) is 10.1 Å². The number of nitrogens with two attached hydrogens (primary N) is 1. The Balaban J connectivity index is 2.04. The predicted molar refractivity (Wildman–Crippen MR) is 79.3 cm³/mol. The largest absolute Gasteiger partial charge is 0.399 e. The summed E-state index contributed by atoms with van der Waals surface area (Å²) in [7, 11) is 0. The van der Waals surface area contributed by atoms with Crippen molar-refractivity contribution in [3.8, 4) is 22.8 Å². The molecule has 0 bridgehead atoms. The van der Waals surface area contributed by atoms with E-state index in [-0.39, 0.29) is 0 Å². The van der Waals surface area contributed by atoms with Gasteiger partial charge in [-0.15, -0.1) is 0 Å². The van der Waals surface area contributed by atoms with E-state index in [0.29, 0.717) is 22.4 Å². The maximum atomic E-state index is 6.10. The van der Waals surface area contributed by atoms with E-state index >= 15 is 0 Å². The molecular weight excluding hydrogens is 274 g/mol. The first-order chi connectivity index (χ1) is 9.65. The summed E-state index contributed by atoms with van der Waals surface area (Å²) in [5.74, 6) is 0.953. The first kappa shape index (κ1) is 12.7. The highest BCUT2D eigenvalue weighted by atomic mass is 35.5. The molecule has 2 aromatic carbocycles. The van der Waals surface area contributed by atoms with Crippen molar-refractivity contribution in [2.24, 2.45) is 0 Å². The highest BCUT2D eigenvalue weighted by molar-refractivity contribution is 6.31. The van der Waals surface area contributed by atoms with Gasteiger partial charge in [0, 0.05) is 21.8 Å². The first-order valence-corrected chi connectivity index (χ1v) is 6.48. The molecule has 0 saturated carbocycles. The van der Waals surface area contributed by atoms with Crippen molar-refractivity contribution in [3.63, 3.8) is 0 Å². The number of aromatic nitrogens is 2. The van der Waals surface area contributed by atoms with Crippen LogP contribution in [-0.2, 0) is 0 Å². The summed E-state index contributed by atoms with van der Waals surface area (Å²) >= 11 is 6.10. The summed E-state index contributed by atoms with van der Waals surface area (Å²) in [5.41, 5.74) is 8.98. The summed E-state index contributed by atoms with van der Waals surface area (Å²) < 4.78 is 5.32. The molecule has 0 amide bonds. The molecule has 3 rings (SSSR count). The minimum atomic E-state index is 0.447. The van der Waals surface area contributed by atoms with E-state index in [1.807, 2.05) is 43.3 Å². The van der Waals surface area contributed by atoms with Crippen LogP contribution in [0, 0.1) is 6.92 Å². The van der Waals surface area contributed by atoms with Gasteiger partial charge in [0.05, 0.1) is 0 Å². The Morgan fingerprint density at radius 1 is 1.15 bits per heavy atom. The molecule has 0 aliphatic heterocycles. The molecule has 1 heterocycles. The summed E-state index contributed by atoms with van der Waals surface area (Å²) in [6.45, 7) is 1.92. The normalized spacial score (nSPS) is 10.7. The Kier molecular flexibility index (Phi) is 3.16. The van der Waals surface area contributed by atoms with Crippen molar-refractivity contribution in [2.45, 2.75) is 6.92 Å². The van der Waals surface area contributed by atoms with Gasteiger partial charge >= 0.3 is 0 Å². The van der Waals surface area contributed by atoms with Crippen LogP contribution in [0.5, 0.6) is 0 Å². The molecule has 0 saturated heterocycles. The van der Waals surface area contributed by atoms with Gasteiger partial charge in [-0.25, -0.2) is 0 Å². The average Bonchev–Trinajstić information content (AvgIpc) is 2.91. The molecule has 0 atom stereocenters. The van der Waals surface area contributed by atoms with Crippen LogP contribution in [0.4, 0.5) is 5.69 Å². The zero-order valence-corrected chi connectivity index (χ0v) is 11.6. The van der Waals surface area contributed by atoms with Crippen LogP contribution in [-0.4, -0.2) is 10.1 Å². The zero-order valence-electron chi connectivity index (χ0n) is 10.8. The number of rotatable bonds is 2. The summed E-state index contributed by atoms with van der Waals surface area (Å²) in [6.07, 6.45) is 0. The number of benzene rings is 2. The lowest BCUT2D eigenvalue weighted by atomic mass is 10.1. The van der Waals surface area contributed by atoms with Crippen molar-refractivity contribution >= 4 is 17.3 Å². The molecule has 100 valence electrons. The van der Waals surface area contributed by atoms with E-state index in [0.717, 1.165) is 16.7 Å². The Morgan fingerprint density at radius 2 is 1.95 bits per heavy atom. The van der Waals surface area contributed by atoms with E-state index in [1.54, 1.807) is 6.07 Å². The predicted octanol–water partition coefficient (Wildman–Crippen LogP) is 3.95. The van der Waals surface area contributed by atoms with Gasteiger partial charge in [-0.2, -0.15) is 4.98 Å². The molecule has 0 spiro atoms. The molecule has 5 heteroatoms. The molecule has 0 unspecified atom stereocenters. The maximum absolute atomic E-state index is 6.10. The highest BCUT2D eigenvalue weighted by Gasteiger charge is 2.13. The molecule has 0 aliphatic rings. The van der Waals surface area contributed by atoms with Crippen molar-refractivity contribution in [2.75, 3.05) is 5.73 Å². The van der Waals surface area contributed by atoms with Crippen molar-refractivity contribution in [1.29, 1.82) is 0 Å². The second kappa shape index (κ2) is 4.98. The first-order valence-electron chi connectivity index (χ1n) is 6.10. The fraction of sp³-hybridized carbons (Fsp3) is 0.0667. The van der Waals surface area contributed by atoms with Gasteiger partial charge in [0.2, 0.25) is 5.82 Å². The smallest absolute Gasteiger partial charge is 0.258 e. The van der Waals surface area contributed by atoms with Gasteiger partial charge in [-0.1, -0.05) is 35.0 Å². The second-order valence-electron chi connectivity index (χ2n) is 4.46. The van der Waals surface area contributed by atoms with Gasteiger partial charge in [0.1, 0.15) is 0 Å². The van der Waals surface area contributed by atoms with Crippen LogP contribution in [0.25, 0.3) is 22.8 Å². The lowest BCUT2D eigenvalue weighted by molar-refractivity contribution is 0.432. The van der Waals surface area contributed by atoms with E-state index in [4.69, 9.17) is 21.9 Å². The molecule has 20 heavy (non-hydrogen) atoms. The maximum Gasteiger partial charge on any atom is 0.258 e. The van der Waals surface area contributed by atoms with Gasteiger partial charge in [-0.05, 0) is 36.8 Å². The molecule has 3 aromatic rings. The number of nitrogens with zero attached hydrogens (tertiary/aromatic N) is 2. The van der Waals surface area contributed by atoms with E-state index < -0.39 is 0 Å². The Morgan fingerprint density at radius 3 is 2.75 bits per heavy atom. The quantitative estimate of drug-likeness (QED) is 0.724. The van der Waals surface area contributed by atoms with Crippen molar-refractivity contribution in [1.82, 2.24) is 10.1 Å². The topological polar surface area (TPSA) is 64.9 Å². The third kappa shape index (κ3) is 2.26. The molecule has 1 aromatic heterocycles. The van der Waals surface area contributed by atoms with Crippen LogP contribution >= 0.6 is 11.6 Å². The number of nitrogen functional groups attached to an aromatic ring is 1. The van der Waals surface area contributed by atoms with Gasteiger partial charge in [-0.3, -0.25) is 0 Å². The lowest BCUT2D eigenvalue weighted by Gasteiger charge is -2.01. The average molecular weight is 286 g/mol. The Bertz CT molecular complexity index is 767. The Hall–Kier alpha value is -2.33. The zero-order chi connectivity index (χ0) is 14.1. The standard InChI is InChI=1S/C15H12ClN3O/c1-9-12(6-3-7-13(9)16)15-18-14(19-20-15)10-4-2-5-11(17)8-10/h2-8H,17H2,1H3.